The zero-order valence-corrected chi connectivity index (χ0v) is 7.91. The van der Waals surface area contributed by atoms with Crippen LogP contribution in [0.2, 0.25) is 0 Å². The number of hydrogen-bond donors (Lipinski definition) is 1. The Bertz CT molecular complexity index is 247. The van der Waals surface area contributed by atoms with Crippen molar-refractivity contribution in [2.24, 2.45) is 0 Å². The van der Waals surface area contributed by atoms with E-state index in [0.717, 1.165) is 0 Å². The smallest absolute Gasteiger partial charge is 0.163 e. The molecular weight excluding hydrogens is 168 g/mol. The molecule has 1 fully saturated rings. The van der Waals surface area contributed by atoms with Gasteiger partial charge in [0.25, 0.3) is 0 Å². The highest BCUT2D eigenvalue weighted by Crippen LogP contribution is 2.25. The van der Waals surface area contributed by atoms with Gasteiger partial charge in [0.2, 0.25) is 0 Å². The van der Waals surface area contributed by atoms with Crippen LogP contribution >= 0.6 is 0 Å². The fraction of sp³-hybridized carbons (Fsp3) is 0.600. The topological polar surface area (TPSA) is 38.7 Å². The van der Waals surface area contributed by atoms with Crippen molar-refractivity contribution in [1.82, 2.24) is 0 Å². The van der Waals surface area contributed by atoms with E-state index in [-0.39, 0.29) is 12.7 Å². The minimum Gasteiger partial charge on any atom is -0.392 e. The lowest BCUT2D eigenvalue weighted by molar-refractivity contribution is -0.133. The summed E-state index contributed by atoms with van der Waals surface area (Å²) in [6.07, 6.45) is 6.61. The largest absolute Gasteiger partial charge is 0.392 e. The van der Waals surface area contributed by atoms with Crippen molar-refractivity contribution in [3.63, 3.8) is 0 Å². The second kappa shape index (κ2) is 3.93. The molecule has 0 amide bonds. The van der Waals surface area contributed by atoms with Crippen LogP contribution in [0.3, 0.4) is 0 Å². The van der Waals surface area contributed by atoms with Crippen molar-refractivity contribution in [1.29, 1.82) is 0 Å². The summed E-state index contributed by atoms with van der Waals surface area (Å²) in [7, 11) is 0. The maximum atomic E-state index is 8.69. The summed E-state index contributed by atoms with van der Waals surface area (Å²) in [5.41, 5.74) is 0.646. The first-order valence-corrected chi connectivity index (χ1v) is 4.18. The van der Waals surface area contributed by atoms with E-state index in [1.807, 2.05) is 13.8 Å². The predicted octanol–water partition coefficient (Wildman–Crippen LogP) is 0.690. The molecule has 0 aromatic rings. The van der Waals surface area contributed by atoms with Gasteiger partial charge in [-0.25, -0.2) is 0 Å². The van der Waals surface area contributed by atoms with E-state index < -0.39 is 5.79 Å². The molecule has 0 saturated carbocycles. The van der Waals surface area contributed by atoms with Crippen LogP contribution in [0.15, 0.2) is 11.6 Å². The second-order valence-electron chi connectivity index (χ2n) is 3.30. The molecule has 72 valence electrons. The first-order valence-electron chi connectivity index (χ1n) is 4.18. The van der Waals surface area contributed by atoms with Crippen LogP contribution in [0, 0.1) is 12.3 Å². The summed E-state index contributed by atoms with van der Waals surface area (Å²) in [6, 6.07) is 0. The van der Waals surface area contributed by atoms with Gasteiger partial charge in [-0.15, -0.1) is 6.42 Å². The molecule has 3 nitrogen and oxygen atoms in total. The molecule has 13 heavy (non-hydrogen) atoms. The molecule has 1 saturated heterocycles. The van der Waals surface area contributed by atoms with Gasteiger partial charge in [0, 0.05) is 5.57 Å². The van der Waals surface area contributed by atoms with E-state index in [1.54, 1.807) is 6.08 Å². The molecule has 0 aromatic carbocycles. The van der Waals surface area contributed by atoms with Crippen LogP contribution in [0.5, 0.6) is 0 Å². The molecule has 1 rings (SSSR count). The van der Waals surface area contributed by atoms with Gasteiger partial charge in [0.05, 0.1) is 13.2 Å². The molecule has 0 aromatic heterocycles. The standard InChI is InChI=1S/C10H14O3/c1-4-8(5-6-11)9-7-12-10(2,3)13-9/h1,5,9,11H,6-7H2,2-3H3/b8-5+/t9-/m1/s1. The first-order chi connectivity index (χ1) is 6.09. The third kappa shape index (κ3) is 2.56. The van der Waals surface area contributed by atoms with Gasteiger partial charge in [-0.3, -0.25) is 0 Å². The molecule has 1 heterocycles. The zero-order chi connectivity index (χ0) is 9.90. The number of aliphatic hydroxyl groups excluding tert-OH is 1. The van der Waals surface area contributed by atoms with Gasteiger partial charge >= 0.3 is 0 Å². The minimum atomic E-state index is -0.573. The van der Waals surface area contributed by atoms with E-state index >= 15 is 0 Å². The van der Waals surface area contributed by atoms with Crippen LogP contribution in [-0.2, 0) is 9.47 Å². The van der Waals surface area contributed by atoms with Crippen molar-refractivity contribution in [3.05, 3.63) is 11.6 Å². The molecule has 1 atom stereocenters. The maximum absolute atomic E-state index is 8.69. The average molecular weight is 182 g/mol. The van der Waals surface area contributed by atoms with Crippen molar-refractivity contribution in [3.8, 4) is 12.3 Å². The summed E-state index contributed by atoms with van der Waals surface area (Å²) in [5, 5.41) is 8.69. The Labute approximate surface area is 78.3 Å². The van der Waals surface area contributed by atoms with E-state index in [4.69, 9.17) is 21.0 Å². The molecule has 1 aliphatic heterocycles. The summed E-state index contributed by atoms with van der Waals surface area (Å²) in [6.45, 7) is 4.04. The predicted molar refractivity (Wildman–Crippen MR) is 48.9 cm³/mol. The molecule has 3 heteroatoms. The Balaban J connectivity index is 2.65. The Kier molecular flexibility index (Phi) is 3.10. The Morgan fingerprint density at radius 3 is 2.85 bits per heavy atom. The van der Waals surface area contributed by atoms with E-state index in [1.165, 1.54) is 0 Å². The summed E-state index contributed by atoms with van der Waals surface area (Å²) in [4.78, 5) is 0. The van der Waals surface area contributed by atoms with E-state index in [2.05, 4.69) is 5.92 Å². The van der Waals surface area contributed by atoms with Crippen molar-refractivity contribution >= 4 is 0 Å². The van der Waals surface area contributed by atoms with Crippen LogP contribution < -0.4 is 0 Å². The minimum absolute atomic E-state index is 0.0696. The molecule has 0 radical (unpaired) electrons. The average Bonchev–Trinajstić information content (AvgIpc) is 2.42. The highest BCUT2D eigenvalue weighted by Gasteiger charge is 2.34. The normalized spacial score (nSPS) is 27.2. The van der Waals surface area contributed by atoms with E-state index in [9.17, 15) is 0 Å². The van der Waals surface area contributed by atoms with Gasteiger partial charge in [0.1, 0.15) is 6.10 Å². The second-order valence-corrected chi connectivity index (χ2v) is 3.30. The number of aliphatic hydroxyl groups is 1. The zero-order valence-electron chi connectivity index (χ0n) is 7.91. The molecule has 0 bridgehead atoms. The van der Waals surface area contributed by atoms with E-state index in [0.29, 0.717) is 12.2 Å². The highest BCUT2D eigenvalue weighted by molar-refractivity contribution is 5.30. The molecule has 1 aliphatic rings. The van der Waals surface area contributed by atoms with Crippen LogP contribution in [0.4, 0.5) is 0 Å². The maximum Gasteiger partial charge on any atom is 0.163 e. The highest BCUT2D eigenvalue weighted by atomic mass is 16.7. The summed E-state index contributed by atoms with van der Waals surface area (Å²) >= 11 is 0. The fourth-order valence-corrected chi connectivity index (χ4v) is 1.22. The summed E-state index contributed by atoms with van der Waals surface area (Å²) in [5.74, 6) is 1.91. The van der Waals surface area contributed by atoms with Crippen LogP contribution in [0.25, 0.3) is 0 Å². The molecule has 0 unspecified atom stereocenters. The van der Waals surface area contributed by atoms with Gasteiger partial charge < -0.3 is 14.6 Å². The third-order valence-electron chi connectivity index (χ3n) is 1.83. The van der Waals surface area contributed by atoms with Gasteiger partial charge in [-0.2, -0.15) is 0 Å². The Morgan fingerprint density at radius 2 is 2.46 bits per heavy atom. The van der Waals surface area contributed by atoms with Crippen molar-refractivity contribution in [2.45, 2.75) is 25.7 Å². The van der Waals surface area contributed by atoms with Crippen LogP contribution in [-0.4, -0.2) is 30.2 Å². The number of hydrogen-bond acceptors (Lipinski definition) is 3. The molecule has 0 spiro atoms. The quantitative estimate of drug-likeness (QED) is 0.638. The molecule has 1 N–H and O–H groups in total. The monoisotopic (exact) mass is 182 g/mol. The molecular formula is C10H14O3. The summed E-state index contributed by atoms with van der Waals surface area (Å²) < 4.78 is 10.9. The van der Waals surface area contributed by atoms with Gasteiger partial charge in [-0.1, -0.05) is 5.92 Å². The number of rotatable bonds is 2. The van der Waals surface area contributed by atoms with Gasteiger partial charge in [-0.05, 0) is 19.9 Å². The lowest BCUT2D eigenvalue weighted by Gasteiger charge is -2.16. The fourth-order valence-electron chi connectivity index (χ4n) is 1.22. The first kappa shape index (κ1) is 10.3. The van der Waals surface area contributed by atoms with Gasteiger partial charge in [0.15, 0.2) is 5.79 Å². The third-order valence-corrected chi connectivity index (χ3v) is 1.83. The lowest BCUT2D eigenvalue weighted by Crippen LogP contribution is -2.22. The SMILES string of the molecule is C#C/C(=C\CO)[C@H]1COC(C)(C)O1. The lowest BCUT2D eigenvalue weighted by atomic mass is 10.1. The van der Waals surface area contributed by atoms with Crippen molar-refractivity contribution < 1.29 is 14.6 Å². The molecule has 0 aliphatic carbocycles. The van der Waals surface area contributed by atoms with Crippen molar-refractivity contribution in [2.75, 3.05) is 13.2 Å². The Hall–Kier alpha value is -0.820. The Morgan fingerprint density at radius 1 is 1.77 bits per heavy atom. The number of terminal acetylenes is 1. The number of ether oxygens (including phenoxy) is 2. The van der Waals surface area contributed by atoms with Crippen LogP contribution in [0.1, 0.15) is 13.8 Å².